The third-order valence-corrected chi connectivity index (χ3v) is 3.82. The number of ether oxygens (including phenoxy) is 1. The smallest absolute Gasteiger partial charge is 0.191 e. The SMILES string of the molecule is CN=C(NCCc1ccc(F)cc1)NCC(OC)c1ccc(F)cc1.I. The summed E-state index contributed by atoms with van der Waals surface area (Å²) < 4.78 is 31.4. The minimum absolute atomic E-state index is 0. The van der Waals surface area contributed by atoms with Crippen molar-refractivity contribution in [1.29, 1.82) is 0 Å². The number of methoxy groups -OCH3 is 1. The topological polar surface area (TPSA) is 45.7 Å². The van der Waals surface area contributed by atoms with Crippen molar-refractivity contribution in [3.63, 3.8) is 0 Å². The summed E-state index contributed by atoms with van der Waals surface area (Å²) in [4.78, 5) is 4.17. The maximum atomic E-state index is 13.0. The second-order valence-electron chi connectivity index (χ2n) is 5.53. The Balaban J connectivity index is 0.00000338. The molecule has 4 nitrogen and oxygen atoms in total. The number of hydrogen-bond donors (Lipinski definition) is 2. The molecule has 0 fully saturated rings. The zero-order valence-electron chi connectivity index (χ0n) is 14.8. The summed E-state index contributed by atoms with van der Waals surface area (Å²) in [6.45, 7) is 1.16. The molecule has 142 valence electrons. The lowest BCUT2D eigenvalue weighted by Crippen LogP contribution is -2.40. The van der Waals surface area contributed by atoms with Crippen LogP contribution >= 0.6 is 24.0 Å². The molecule has 0 bridgehead atoms. The van der Waals surface area contributed by atoms with Gasteiger partial charge in [-0.1, -0.05) is 24.3 Å². The molecular weight excluding hydrogens is 451 g/mol. The van der Waals surface area contributed by atoms with E-state index in [1.807, 2.05) is 0 Å². The molecule has 2 aromatic carbocycles. The number of aliphatic imine (C=N–C) groups is 1. The monoisotopic (exact) mass is 475 g/mol. The number of hydrogen-bond acceptors (Lipinski definition) is 2. The summed E-state index contributed by atoms with van der Waals surface area (Å²) in [7, 11) is 3.30. The van der Waals surface area contributed by atoms with Crippen LogP contribution in [0.2, 0.25) is 0 Å². The lowest BCUT2D eigenvalue weighted by atomic mass is 10.1. The summed E-state index contributed by atoms with van der Waals surface area (Å²) in [5, 5.41) is 6.39. The highest BCUT2D eigenvalue weighted by molar-refractivity contribution is 14.0. The van der Waals surface area contributed by atoms with E-state index in [0.29, 0.717) is 19.0 Å². The van der Waals surface area contributed by atoms with E-state index >= 15 is 0 Å². The minimum Gasteiger partial charge on any atom is -0.375 e. The molecule has 0 heterocycles. The van der Waals surface area contributed by atoms with Crippen LogP contribution in [0.1, 0.15) is 17.2 Å². The van der Waals surface area contributed by atoms with Crippen molar-refractivity contribution in [2.45, 2.75) is 12.5 Å². The lowest BCUT2D eigenvalue weighted by molar-refractivity contribution is 0.106. The van der Waals surface area contributed by atoms with Gasteiger partial charge in [-0.3, -0.25) is 4.99 Å². The molecule has 0 aliphatic rings. The molecule has 0 amide bonds. The van der Waals surface area contributed by atoms with Crippen molar-refractivity contribution >= 4 is 29.9 Å². The molecule has 2 aromatic rings. The lowest BCUT2D eigenvalue weighted by Gasteiger charge is -2.18. The van der Waals surface area contributed by atoms with E-state index in [4.69, 9.17) is 4.74 Å². The maximum absolute atomic E-state index is 13.0. The van der Waals surface area contributed by atoms with Crippen molar-refractivity contribution in [2.24, 2.45) is 4.99 Å². The van der Waals surface area contributed by atoms with E-state index < -0.39 is 0 Å². The van der Waals surface area contributed by atoms with Crippen LogP contribution in [0.15, 0.2) is 53.5 Å². The molecule has 0 aliphatic heterocycles. The standard InChI is InChI=1S/C19H23F2N3O.HI/c1-22-19(23-12-11-14-3-7-16(20)8-4-14)24-13-18(25-2)15-5-9-17(21)10-6-15;/h3-10,18H,11-13H2,1-2H3,(H2,22,23,24);1H. The van der Waals surface area contributed by atoms with Gasteiger partial charge in [0.15, 0.2) is 5.96 Å². The molecule has 0 saturated carbocycles. The average Bonchev–Trinajstić information content (AvgIpc) is 2.63. The molecule has 0 aliphatic carbocycles. The van der Waals surface area contributed by atoms with Gasteiger partial charge in [0, 0.05) is 27.2 Å². The number of nitrogens with zero attached hydrogens (tertiary/aromatic N) is 1. The van der Waals surface area contributed by atoms with Crippen LogP contribution in [0.25, 0.3) is 0 Å². The van der Waals surface area contributed by atoms with Gasteiger partial charge in [-0.25, -0.2) is 8.78 Å². The van der Waals surface area contributed by atoms with Crippen molar-refractivity contribution in [3.05, 3.63) is 71.3 Å². The summed E-state index contributed by atoms with van der Waals surface area (Å²) >= 11 is 0. The Kier molecular flexibility index (Phi) is 10.1. The summed E-state index contributed by atoms with van der Waals surface area (Å²) in [6.07, 6.45) is 0.545. The van der Waals surface area contributed by atoms with Gasteiger partial charge in [-0.2, -0.15) is 0 Å². The van der Waals surface area contributed by atoms with Crippen LogP contribution in [0, 0.1) is 11.6 Å². The number of guanidine groups is 1. The zero-order valence-corrected chi connectivity index (χ0v) is 17.2. The maximum Gasteiger partial charge on any atom is 0.191 e. The van der Waals surface area contributed by atoms with Gasteiger partial charge in [0.2, 0.25) is 0 Å². The first-order valence-corrected chi connectivity index (χ1v) is 8.09. The minimum atomic E-state index is -0.273. The molecule has 0 radical (unpaired) electrons. The Morgan fingerprint density at radius 1 is 1.00 bits per heavy atom. The number of benzene rings is 2. The third-order valence-electron chi connectivity index (χ3n) is 3.82. The highest BCUT2D eigenvalue weighted by atomic mass is 127. The van der Waals surface area contributed by atoms with Gasteiger partial charge < -0.3 is 15.4 Å². The fourth-order valence-electron chi connectivity index (χ4n) is 2.40. The predicted octanol–water partition coefficient (Wildman–Crippen LogP) is 3.68. The van der Waals surface area contributed by atoms with E-state index in [2.05, 4.69) is 15.6 Å². The first-order chi connectivity index (χ1) is 12.1. The van der Waals surface area contributed by atoms with Crippen LogP contribution in [0.5, 0.6) is 0 Å². The molecule has 2 N–H and O–H groups in total. The number of halogens is 3. The molecule has 1 atom stereocenters. The van der Waals surface area contributed by atoms with E-state index in [0.717, 1.165) is 17.5 Å². The van der Waals surface area contributed by atoms with Gasteiger partial charge in [0.1, 0.15) is 11.6 Å². The molecular formula is C19H24F2IN3O. The van der Waals surface area contributed by atoms with Crippen molar-refractivity contribution < 1.29 is 13.5 Å². The zero-order chi connectivity index (χ0) is 18.1. The second-order valence-corrected chi connectivity index (χ2v) is 5.53. The van der Waals surface area contributed by atoms with E-state index in [1.165, 1.54) is 24.3 Å². The fraction of sp³-hybridized carbons (Fsp3) is 0.316. The third kappa shape index (κ3) is 7.25. The Hall–Kier alpha value is -1.74. The van der Waals surface area contributed by atoms with Crippen LogP contribution in [-0.2, 0) is 11.2 Å². The Morgan fingerprint density at radius 3 is 2.12 bits per heavy atom. The van der Waals surface area contributed by atoms with Crippen LogP contribution in [0.4, 0.5) is 8.78 Å². The average molecular weight is 475 g/mol. The Bertz CT molecular complexity index is 678. The number of rotatable bonds is 7. The second kappa shape index (κ2) is 11.8. The summed E-state index contributed by atoms with van der Waals surface area (Å²) in [5.74, 6) is 0.136. The predicted molar refractivity (Wildman–Crippen MR) is 111 cm³/mol. The molecule has 0 spiro atoms. The summed E-state index contributed by atoms with van der Waals surface area (Å²) in [5.41, 5.74) is 1.93. The fourth-order valence-corrected chi connectivity index (χ4v) is 2.40. The largest absolute Gasteiger partial charge is 0.375 e. The van der Waals surface area contributed by atoms with Gasteiger partial charge in [0.05, 0.1) is 6.10 Å². The van der Waals surface area contributed by atoms with Crippen molar-refractivity contribution in [2.75, 3.05) is 27.2 Å². The van der Waals surface area contributed by atoms with Gasteiger partial charge in [-0.05, 0) is 41.8 Å². The highest BCUT2D eigenvalue weighted by Gasteiger charge is 2.11. The van der Waals surface area contributed by atoms with Crippen LogP contribution in [0.3, 0.4) is 0 Å². The van der Waals surface area contributed by atoms with Gasteiger partial charge in [-0.15, -0.1) is 24.0 Å². The molecule has 2 rings (SSSR count). The molecule has 26 heavy (non-hydrogen) atoms. The first kappa shape index (κ1) is 22.3. The van der Waals surface area contributed by atoms with Crippen LogP contribution in [-0.4, -0.2) is 33.2 Å². The van der Waals surface area contributed by atoms with E-state index in [1.54, 1.807) is 38.4 Å². The van der Waals surface area contributed by atoms with E-state index in [-0.39, 0.29) is 41.7 Å². The molecule has 7 heteroatoms. The highest BCUT2D eigenvalue weighted by Crippen LogP contribution is 2.16. The number of nitrogens with one attached hydrogen (secondary N) is 2. The molecule has 1 unspecified atom stereocenters. The van der Waals surface area contributed by atoms with E-state index in [9.17, 15) is 8.78 Å². The quantitative estimate of drug-likeness (QED) is 0.365. The molecule has 0 saturated heterocycles. The van der Waals surface area contributed by atoms with Crippen LogP contribution < -0.4 is 10.6 Å². The summed E-state index contributed by atoms with van der Waals surface area (Å²) in [6, 6.07) is 12.7. The van der Waals surface area contributed by atoms with Crippen molar-refractivity contribution in [1.82, 2.24) is 10.6 Å². The normalized spacial score (nSPS) is 12.2. The Morgan fingerprint density at radius 2 is 1.58 bits per heavy atom. The van der Waals surface area contributed by atoms with Crippen molar-refractivity contribution in [3.8, 4) is 0 Å². The molecule has 0 aromatic heterocycles. The Labute approximate surface area is 170 Å². The van der Waals surface area contributed by atoms with Gasteiger partial charge >= 0.3 is 0 Å². The van der Waals surface area contributed by atoms with Gasteiger partial charge in [0.25, 0.3) is 0 Å². The first-order valence-electron chi connectivity index (χ1n) is 8.09.